The standard InChI is InChI=1S/C8H10N4OS2/c1-6-11-12-8(15-6)14-5-7(13)10-4-2-3-9/h2,4-5H2,1H3,(H,10,13). The number of hydrogen-bond donors (Lipinski definition) is 1. The number of carbonyl (C=O) groups is 1. The number of amides is 1. The Balaban J connectivity index is 2.20. The van der Waals surface area contributed by atoms with E-state index in [0.717, 1.165) is 9.35 Å². The summed E-state index contributed by atoms with van der Waals surface area (Å²) in [4.78, 5) is 11.2. The fraction of sp³-hybridized carbons (Fsp3) is 0.500. The summed E-state index contributed by atoms with van der Waals surface area (Å²) in [5.41, 5.74) is 0. The average Bonchev–Trinajstić information content (AvgIpc) is 2.62. The molecule has 1 aromatic heterocycles. The van der Waals surface area contributed by atoms with E-state index in [1.54, 1.807) is 0 Å². The molecule has 0 atom stereocenters. The quantitative estimate of drug-likeness (QED) is 0.615. The fourth-order valence-corrected chi connectivity index (χ4v) is 2.42. The maximum atomic E-state index is 11.2. The Morgan fingerprint density at radius 2 is 2.47 bits per heavy atom. The molecule has 0 aliphatic rings. The van der Waals surface area contributed by atoms with E-state index in [1.807, 2.05) is 13.0 Å². The topological polar surface area (TPSA) is 78.7 Å². The molecule has 80 valence electrons. The van der Waals surface area contributed by atoms with Gasteiger partial charge in [0.25, 0.3) is 0 Å². The summed E-state index contributed by atoms with van der Waals surface area (Å²) in [7, 11) is 0. The Morgan fingerprint density at radius 1 is 1.67 bits per heavy atom. The second-order valence-corrected chi connectivity index (χ2v) is 5.04. The number of hydrogen-bond acceptors (Lipinski definition) is 6. The Morgan fingerprint density at radius 3 is 3.07 bits per heavy atom. The summed E-state index contributed by atoms with van der Waals surface area (Å²) in [6.45, 7) is 2.28. The van der Waals surface area contributed by atoms with Crippen LogP contribution in [0.4, 0.5) is 0 Å². The number of nitrogens with one attached hydrogen (secondary N) is 1. The molecule has 1 heterocycles. The molecule has 0 spiro atoms. The van der Waals surface area contributed by atoms with Crippen molar-refractivity contribution < 1.29 is 4.79 Å². The van der Waals surface area contributed by atoms with E-state index >= 15 is 0 Å². The van der Waals surface area contributed by atoms with Crippen molar-refractivity contribution >= 4 is 29.0 Å². The van der Waals surface area contributed by atoms with Gasteiger partial charge in [-0.15, -0.1) is 10.2 Å². The summed E-state index contributed by atoms with van der Waals surface area (Å²) in [6, 6.07) is 1.96. The van der Waals surface area contributed by atoms with Gasteiger partial charge in [0.05, 0.1) is 18.2 Å². The fourth-order valence-electron chi connectivity index (χ4n) is 0.773. The van der Waals surface area contributed by atoms with Crippen LogP contribution in [0, 0.1) is 18.3 Å². The molecule has 5 nitrogen and oxygen atoms in total. The maximum Gasteiger partial charge on any atom is 0.230 e. The van der Waals surface area contributed by atoms with E-state index < -0.39 is 0 Å². The molecule has 0 radical (unpaired) electrons. The van der Waals surface area contributed by atoms with Crippen LogP contribution in [0.15, 0.2) is 4.34 Å². The minimum absolute atomic E-state index is 0.0805. The summed E-state index contributed by atoms with van der Waals surface area (Å²) in [5.74, 6) is 0.239. The van der Waals surface area contributed by atoms with Crippen molar-refractivity contribution in [2.24, 2.45) is 0 Å². The molecule has 7 heteroatoms. The van der Waals surface area contributed by atoms with Gasteiger partial charge in [0.1, 0.15) is 5.01 Å². The first kappa shape index (κ1) is 11.9. The van der Waals surface area contributed by atoms with Crippen molar-refractivity contribution in [3.8, 4) is 6.07 Å². The lowest BCUT2D eigenvalue weighted by molar-refractivity contribution is -0.118. The van der Waals surface area contributed by atoms with Crippen molar-refractivity contribution in [1.82, 2.24) is 15.5 Å². The minimum Gasteiger partial charge on any atom is -0.354 e. The van der Waals surface area contributed by atoms with Crippen LogP contribution >= 0.6 is 23.1 Å². The van der Waals surface area contributed by atoms with Gasteiger partial charge in [-0.3, -0.25) is 4.79 Å². The van der Waals surface area contributed by atoms with Gasteiger partial charge in [-0.1, -0.05) is 23.1 Å². The van der Waals surface area contributed by atoms with Crippen LogP contribution in [0.5, 0.6) is 0 Å². The van der Waals surface area contributed by atoms with E-state index in [1.165, 1.54) is 23.1 Å². The number of aryl methyl sites for hydroxylation is 1. The number of carbonyl (C=O) groups excluding carboxylic acids is 1. The highest BCUT2D eigenvalue weighted by Crippen LogP contribution is 2.21. The number of nitriles is 1. The van der Waals surface area contributed by atoms with Crippen LogP contribution < -0.4 is 5.32 Å². The van der Waals surface area contributed by atoms with Crippen molar-refractivity contribution in [1.29, 1.82) is 5.26 Å². The Kier molecular flexibility index (Phi) is 5.07. The number of aromatic nitrogens is 2. The van der Waals surface area contributed by atoms with Crippen LogP contribution in [0.1, 0.15) is 11.4 Å². The zero-order valence-corrected chi connectivity index (χ0v) is 9.82. The predicted octanol–water partition coefficient (Wildman–Crippen LogP) is 0.968. The van der Waals surface area contributed by atoms with Crippen LogP contribution in [-0.2, 0) is 4.79 Å². The number of rotatable bonds is 5. The van der Waals surface area contributed by atoms with Gasteiger partial charge in [-0.2, -0.15) is 5.26 Å². The Labute approximate surface area is 95.9 Å². The summed E-state index contributed by atoms with van der Waals surface area (Å²) in [6.07, 6.45) is 0.342. The van der Waals surface area contributed by atoms with Crippen LogP contribution in [-0.4, -0.2) is 28.4 Å². The molecule has 0 aromatic carbocycles. The third-order valence-electron chi connectivity index (χ3n) is 1.39. The molecule has 15 heavy (non-hydrogen) atoms. The van der Waals surface area contributed by atoms with Crippen molar-refractivity contribution in [3.63, 3.8) is 0 Å². The highest BCUT2D eigenvalue weighted by Gasteiger charge is 2.05. The van der Waals surface area contributed by atoms with Gasteiger partial charge in [-0.25, -0.2) is 0 Å². The Hall–Kier alpha value is -1.13. The zero-order chi connectivity index (χ0) is 11.1. The van der Waals surface area contributed by atoms with E-state index in [9.17, 15) is 4.79 Å². The van der Waals surface area contributed by atoms with Crippen LogP contribution in [0.25, 0.3) is 0 Å². The smallest absolute Gasteiger partial charge is 0.230 e. The molecule has 0 saturated heterocycles. The summed E-state index contributed by atoms with van der Waals surface area (Å²) < 4.78 is 0.794. The minimum atomic E-state index is -0.0805. The first-order valence-corrected chi connectivity index (χ1v) is 6.09. The molecular weight excluding hydrogens is 232 g/mol. The summed E-state index contributed by atoms with van der Waals surface area (Å²) in [5, 5.41) is 19.5. The lowest BCUT2D eigenvalue weighted by Crippen LogP contribution is -2.25. The lowest BCUT2D eigenvalue weighted by atomic mass is 10.4. The molecule has 1 N–H and O–H groups in total. The molecule has 0 saturated carbocycles. The molecule has 1 amide bonds. The molecule has 0 bridgehead atoms. The molecule has 1 rings (SSSR count). The first-order chi connectivity index (χ1) is 7.22. The van der Waals surface area contributed by atoms with Crippen LogP contribution in [0.2, 0.25) is 0 Å². The molecule has 0 aliphatic carbocycles. The molecular formula is C8H10N4OS2. The van der Waals surface area contributed by atoms with Crippen molar-refractivity contribution in [3.05, 3.63) is 5.01 Å². The molecule has 0 fully saturated rings. The van der Waals surface area contributed by atoms with E-state index in [4.69, 9.17) is 5.26 Å². The highest BCUT2D eigenvalue weighted by atomic mass is 32.2. The monoisotopic (exact) mass is 242 g/mol. The predicted molar refractivity (Wildman–Crippen MR) is 58.6 cm³/mol. The van der Waals surface area contributed by atoms with Gasteiger partial charge >= 0.3 is 0 Å². The first-order valence-electron chi connectivity index (χ1n) is 4.29. The summed E-state index contributed by atoms with van der Waals surface area (Å²) >= 11 is 2.82. The van der Waals surface area contributed by atoms with Gasteiger partial charge < -0.3 is 5.32 Å². The van der Waals surface area contributed by atoms with E-state index in [-0.39, 0.29) is 5.91 Å². The molecule has 0 aliphatic heterocycles. The second-order valence-electron chi connectivity index (χ2n) is 2.63. The maximum absolute atomic E-state index is 11.2. The number of nitrogens with zero attached hydrogens (tertiary/aromatic N) is 3. The third-order valence-corrected chi connectivity index (χ3v) is 3.37. The highest BCUT2D eigenvalue weighted by molar-refractivity contribution is 8.01. The Bertz CT molecular complexity index is 371. The molecule has 1 aromatic rings. The third kappa shape index (κ3) is 4.76. The van der Waals surface area contributed by atoms with Crippen molar-refractivity contribution in [2.75, 3.05) is 12.3 Å². The van der Waals surface area contributed by atoms with E-state index in [2.05, 4.69) is 15.5 Å². The van der Waals surface area contributed by atoms with Gasteiger partial charge in [0.2, 0.25) is 5.91 Å². The SMILES string of the molecule is Cc1nnc(SCC(=O)NCCC#N)s1. The molecule has 0 unspecified atom stereocenters. The number of thioether (sulfide) groups is 1. The lowest BCUT2D eigenvalue weighted by Gasteiger charge is -1.99. The van der Waals surface area contributed by atoms with Gasteiger partial charge in [0, 0.05) is 6.54 Å². The van der Waals surface area contributed by atoms with Crippen molar-refractivity contribution in [2.45, 2.75) is 17.7 Å². The van der Waals surface area contributed by atoms with Gasteiger partial charge in [-0.05, 0) is 6.92 Å². The van der Waals surface area contributed by atoms with Crippen LogP contribution in [0.3, 0.4) is 0 Å². The largest absolute Gasteiger partial charge is 0.354 e. The normalized spacial score (nSPS) is 9.60. The van der Waals surface area contributed by atoms with Gasteiger partial charge in [0.15, 0.2) is 4.34 Å². The zero-order valence-electron chi connectivity index (χ0n) is 8.19. The average molecular weight is 242 g/mol. The second kappa shape index (κ2) is 6.37. The van der Waals surface area contributed by atoms with E-state index in [0.29, 0.717) is 18.7 Å².